The molecule has 19 heavy (non-hydrogen) atoms. The Balaban J connectivity index is 1.99. The zero-order valence-electron chi connectivity index (χ0n) is 9.90. The Morgan fingerprint density at radius 2 is 2.26 bits per heavy atom. The number of nitrogens with zero attached hydrogens (tertiary/aromatic N) is 3. The van der Waals surface area contributed by atoms with E-state index < -0.39 is 0 Å². The van der Waals surface area contributed by atoms with Crippen LogP contribution in [0.1, 0.15) is 0 Å². The predicted molar refractivity (Wildman–Crippen MR) is 69.1 cm³/mol. The molecule has 0 atom stereocenters. The maximum absolute atomic E-state index is 9.54. The number of rotatable bonds is 3. The summed E-state index contributed by atoms with van der Waals surface area (Å²) in [4.78, 5) is 9.08. The maximum atomic E-state index is 9.54. The van der Waals surface area contributed by atoms with Gasteiger partial charge in [-0.2, -0.15) is 4.98 Å². The molecule has 7 heteroatoms. The highest BCUT2D eigenvalue weighted by Gasteiger charge is 2.13. The van der Waals surface area contributed by atoms with E-state index in [2.05, 4.69) is 15.1 Å². The third kappa shape index (κ3) is 2.15. The Hall–Kier alpha value is -2.41. The summed E-state index contributed by atoms with van der Waals surface area (Å²) in [5.41, 5.74) is 2.38. The second-order valence-electron chi connectivity index (χ2n) is 3.68. The van der Waals surface area contributed by atoms with Crippen molar-refractivity contribution in [3.05, 3.63) is 29.9 Å². The number of phenolic OH excluding ortho intramolecular Hbond substituents is 1. The zero-order valence-corrected chi connectivity index (χ0v) is 10.7. The Labute approximate surface area is 112 Å². The van der Waals surface area contributed by atoms with Crippen LogP contribution in [0.15, 0.2) is 34.4 Å². The van der Waals surface area contributed by atoms with E-state index in [1.54, 1.807) is 23.8 Å². The smallest absolute Gasteiger partial charge is 0.258 e. The van der Waals surface area contributed by atoms with Crippen LogP contribution >= 0.6 is 11.3 Å². The van der Waals surface area contributed by atoms with Gasteiger partial charge in [-0.15, -0.1) is 11.3 Å². The lowest BCUT2D eigenvalue weighted by atomic mass is 10.2. The molecule has 0 spiro atoms. The first kappa shape index (κ1) is 11.7. The van der Waals surface area contributed by atoms with E-state index in [0.717, 1.165) is 4.88 Å². The van der Waals surface area contributed by atoms with Crippen molar-refractivity contribution in [1.29, 1.82) is 0 Å². The average molecular weight is 275 g/mol. The minimum Gasteiger partial charge on any atom is -0.504 e. The Kier molecular flexibility index (Phi) is 2.88. The fraction of sp³-hybridized carbons (Fsp3) is 0.0833. The average Bonchev–Trinajstić information content (AvgIpc) is 3.10. The topological polar surface area (TPSA) is 81.3 Å². The van der Waals surface area contributed by atoms with Gasteiger partial charge in [-0.25, -0.2) is 0 Å². The normalized spacial score (nSPS) is 10.6. The molecule has 0 saturated carbocycles. The van der Waals surface area contributed by atoms with Gasteiger partial charge in [-0.1, -0.05) is 5.16 Å². The molecule has 1 N–H and O–H groups in total. The van der Waals surface area contributed by atoms with Gasteiger partial charge in [0.25, 0.3) is 5.89 Å². The molecule has 0 bridgehead atoms. The van der Waals surface area contributed by atoms with Crippen LogP contribution in [0.4, 0.5) is 0 Å². The van der Waals surface area contributed by atoms with Crippen LogP contribution in [0.5, 0.6) is 11.5 Å². The molecule has 0 fully saturated rings. The molecule has 0 radical (unpaired) electrons. The van der Waals surface area contributed by atoms with Crippen molar-refractivity contribution in [1.82, 2.24) is 15.1 Å². The highest BCUT2D eigenvalue weighted by molar-refractivity contribution is 7.13. The molecule has 0 saturated heterocycles. The van der Waals surface area contributed by atoms with Crippen LogP contribution in [-0.4, -0.2) is 27.3 Å². The molecule has 1 aromatic carbocycles. The molecule has 6 nitrogen and oxygen atoms in total. The summed E-state index contributed by atoms with van der Waals surface area (Å²) in [5.74, 6) is 1.27. The zero-order chi connectivity index (χ0) is 13.2. The van der Waals surface area contributed by atoms with E-state index in [-0.39, 0.29) is 5.75 Å². The van der Waals surface area contributed by atoms with E-state index in [4.69, 9.17) is 9.26 Å². The molecule has 3 rings (SSSR count). The number of benzene rings is 1. The van der Waals surface area contributed by atoms with Crippen LogP contribution in [-0.2, 0) is 0 Å². The lowest BCUT2D eigenvalue weighted by Gasteiger charge is -2.03. The van der Waals surface area contributed by atoms with Crippen LogP contribution in [0.25, 0.3) is 22.2 Å². The van der Waals surface area contributed by atoms with Gasteiger partial charge in [0.2, 0.25) is 5.82 Å². The Morgan fingerprint density at radius 1 is 1.37 bits per heavy atom. The molecule has 0 unspecified atom stereocenters. The lowest BCUT2D eigenvalue weighted by molar-refractivity contribution is 0.373. The highest BCUT2D eigenvalue weighted by atomic mass is 32.1. The van der Waals surface area contributed by atoms with Crippen LogP contribution in [0.2, 0.25) is 0 Å². The van der Waals surface area contributed by atoms with Gasteiger partial charge < -0.3 is 14.4 Å². The van der Waals surface area contributed by atoms with Crippen molar-refractivity contribution in [2.45, 2.75) is 0 Å². The van der Waals surface area contributed by atoms with E-state index in [9.17, 15) is 5.11 Å². The quantitative estimate of drug-likeness (QED) is 0.791. The minimum absolute atomic E-state index is 0.0634. The summed E-state index contributed by atoms with van der Waals surface area (Å²) in [5, 5.41) is 13.4. The van der Waals surface area contributed by atoms with Crippen molar-refractivity contribution in [2.24, 2.45) is 0 Å². The molecule has 96 valence electrons. The lowest BCUT2D eigenvalue weighted by Crippen LogP contribution is -1.85. The molecule has 0 aliphatic carbocycles. The number of methoxy groups -OCH3 is 1. The van der Waals surface area contributed by atoms with E-state index in [1.807, 2.05) is 0 Å². The number of ether oxygens (including phenoxy) is 1. The summed E-state index contributed by atoms with van der Waals surface area (Å²) < 4.78 is 10.2. The number of phenols is 1. The Morgan fingerprint density at radius 3 is 3.00 bits per heavy atom. The third-order valence-electron chi connectivity index (χ3n) is 2.51. The van der Waals surface area contributed by atoms with Gasteiger partial charge in [-0.05, 0) is 18.2 Å². The van der Waals surface area contributed by atoms with Gasteiger partial charge in [0.05, 0.1) is 17.5 Å². The van der Waals surface area contributed by atoms with Crippen LogP contribution in [0, 0.1) is 0 Å². The third-order valence-corrected chi connectivity index (χ3v) is 3.27. The van der Waals surface area contributed by atoms with E-state index >= 15 is 0 Å². The van der Waals surface area contributed by atoms with Crippen LogP contribution in [0.3, 0.4) is 0 Å². The molecule has 0 aliphatic heterocycles. The number of aromatic hydroxyl groups is 1. The highest BCUT2D eigenvalue weighted by Crippen LogP contribution is 2.31. The monoisotopic (exact) mass is 275 g/mol. The predicted octanol–water partition coefficient (Wildman–Crippen LogP) is 2.57. The maximum Gasteiger partial charge on any atom is 0.258 e. The van der Waals surface area contributed by atoms with Gasteiger partial charge in [-0.3, -0.25) is 4.98 Å². The molecule has 3 aromatic rings. The van der Waals surface area contributed by atoms with Crippen LogP contribution < -0.4 is 4.74 Å². The Bertz CT molecular complexity index is 694. The number of hydrogen-bond donors (Lipinski definition) is 1. The first-order chi connectivity index (χ1) is 9.28. The second-order valence-corrected chi connectivity index (χ2v) is 4.56. The van der Waals surface area contributed by atoms with Crippen molar-refractivity contribution in [3.63, 3.8) is 0 Å². The SMILES string of the molecule is COc1cc(-c2nc(-c3cncs3)no2)ccc1O. The summed E-state index contributed by atoms with van der Waals surface area (Å²) in [6.45, 7) is 0. The molecule has 0 amide bonds. The van der Waals surface area contributed by atoms with E-state index in [1.165, 1.54) is 24.5 Å². The number of aromatic nitrogens is 3. The van der Waals surface area contributed by atoms with Crippen molar-refractivity contribution >= 4 is 11.3 Å². The van der Waals surface area contributed by atoms with Gasteiger partial charge >= 0.3 is 0 Å². The molecule has 2 aromatic heterocycles. The first-order valence-corrected chi connectivity index (χ1v) is 6.26. The molecular formula is C12H9N3O3S. The number of thiazole rings is 1. The summed E-state index contributed by atoms with van der Waals surface area (Å²) in [7, 11) is 1.48. The summed E-state index contributed by atoms with van der Waals surface area (Å²) in [6.07, 6.45) is 1.68. The van der Waals surface area contributed by atoms with Gasteiger partial charge in [0.1, 0.15) is 0 Å². The summed E-state index contributed by atoms with van der Waals surface area (Å²) in [6, 6.07) is 4.84. The fourth-order valence-electron chi connectivity index (χ4n) is 1.58. The van der Waals surface area contributed by atoms with Crippen molar-refractivity contribution in [2.75, 3.05) is 7.11 Å². The standard InChI is InChI=1S/C12H9N3O3S/c1-17-9-4-7(2-3-8(9)16)12-14-11(15-18-12)10-5-13-6-19-10/h2-6,16H,1H3. The molecule has 2 heterocycles. The van der Waals surface area contributed by atoms with Gasteiger partial charge in [0.15, 0.2) is 11.5 Å². The van der Waals surface area contributed by atoms with E-state index in [0.29, 0.717) is 23.0 Å². The van der Waals surface area contributed by atoms with Crippen molar-refractivity contribution in [3.8, 4) is 33.7 Å². The largest absolute Gasteiger partial charge is 0.504 e. The summed E-state index contributed by atoms with van der Waals surface area (Å²) >= 11 is 1.43. The number of hydrogen-bond acceptors (Lipinski definition) is 7. The van der Waals surface area contributed by atoms with Crippen molar-refractivity contribution < 1.29 is 14.4 Å². The fourth-order valence-corrected chi connectivity index (χ4v) is 2.12. The molecular weight excluding hydrogens is 266 g/mol. The van der Waals surface area contributed by atoms with Gasteiger partial charge in [0, 0.05) is 11.8 Å². The first-order valence-electron chi connectivity index (χ1n) is 5.38. The molecule has 0 aliphatic rings. The minimum atomic E-state index is 0.0634. The second kappa shape index (κ2) is 4.69.